The van der Waals surface area contributed by atoms with Crippen molar-refractivity contribution in [1.82, 2.24) is 9.78 Å². The first-order valence-electron chi connectivity index (χ1n) is 7.34. The predicted molar refractivity (Wildman–Crippen MR) is 89.7 cm³/mol. The van der Waals surface area contributed by atoms with Crippen LogP contribution in [0, 0.1) is 0 Å². The van der Waals surface area contributed by atoms with Crippen LogP contribution in [0.3, 0.4) is 0 Å². The molecule has 0 aliphatic rings. The van der Waals surface area contributed by atoms with E-state index in [9.17, 15) is 9.59 Å². The molecule has 0 aliphatic carbocycles. The third-order valence-corrected chi connectivity index (χ3v) is 3.42. The van der Waals surface area contributed by atoms with E-state index in [1.54, 1.807) is 0 Å². The second kappa shape index (κ2) is 6.78. The molecule has 0 spiro atoms. The van der Waals surface area contributed by atoms with E-state index in [-0.39, 0.29) is 18.1 Å². The molecule has 6 heteroatoms. The summed E-state index contributed by atoms with van der Waals surface area (Å²) in [5.74, 6) is -1.40. The number of hydrogen-bond acceptors (Lipinski definition) is 3. The SMILES string of the molecule is O=C(O)Cn1ccc(C(=O)Nc2ccc(-c3ccccc3)cc2)n1. The van der Waals surface area contributed by atoms with E-state index in [0.717, 1.165) is 11.1 Å². The Labute approximate surface area is 138 Å². The van der Waals surface area contributed by atoms with E-state index in [1.165, 1.54) is 16.9 Å². The highest BCUT2D eigenvalue weighted by Crippen LogP contribution is 2.21. The van der Waals surface area contributed by atoms with Crippen LogP contribution in [-0.2, 0) is 11.3 Å². The molecular weight excluding hydrogens is 306 g/mol. The van der Waals surface area contributed by atoms with Crippen LogP contribution in [0.25, 0.3) is 11.1 Å². The van der Waals surface area contributed by atoms with Gasteiger partial charge in [-0.1, -0.05) is 42.5 Å². The fourth-order valence-corrected chi connectivity index (χ4v) is 2.28. The van der Waals surface area contributed by atoms with Crippen LogP contribution in [-0.4, -0.2) is 26.8 Å². The summed E-state index contributed by atoms with van der Waals surface area (Å²) in [7, 11) is 0. The average Bonchev–Trinajstić information content (AvgIpc) is 3.04. The lowest BCUT2D eigenvalue weighted by atomic mass is 10.1. The molecule has 1 aromatic heterocycles. The maximum absolute atomic E-state index is 12.1. The number of hydrogen-bond donors (Lipinski definition) is 2. The molecule has 0 fully saturated rings. The zero-order valence-electron chi connectivity index (χ0n) is 12.7. The highest BCUT2D eigenvalue weighted by atomic mass is 16.4. The normalized spacial score (nSPS) is 10.3. The Kier molecular flexibility index (Phi) is 4.38. The Hall–Kier alpha value is -3.41. The number of aliphatic carboxylic acids is 1. The number of nitrogens with zero attached hydrogens (tertiary/aromatic N) is 2. The van der Waals surface area contributed by atoms with Gasteiger partial charge in [0, 0.05) is 11.9 Å². The van der Waals surface area contributed by atoms with Gasteiger partial charge in [0.25, 0.3) is 5.91 Å². The van der Waals surface area contributed by atoms with Crippen molar-refractivity contribution < 1.29 is 14.7 Å². The Balaban J connectivity index is 1.68. The maximum Gasteiger partial charge on any atom is 0.325 e. The Morgan fingerprint density at radius 1 is 0.958 bits per heavy atom. The third-order valence-electron chi connectivity index (χ3n) is 3.42. The quantitative estimate of drug-likeness (QED) is 0.757. The van der Waals surface area contributed by atoms with Gasteiger partial charge in [0.15, 0.2) is 5.69 Å². The number of carboxylic acid groups (broad SMARTS) is 1. The Morgan fingerprint density at radius 2 is 1.62 bits per heavy atom. The summed E-state index contributed by atoms with van der Waals surface area (Å²) >= 11 is 0. The van der Waals surface area contributed by atoms with E-state index in [1.807, 2.05) is 54.6 Å². The van der Waals surface area contributed by atoms with Gasteiger partial charge in [0.1, 0.15) is 6.54 Å². The van der Waals surface area contributed by atoms with Gasteiger partial charge in [-0.2, -0.15) is 5.10 Å². The number of nitrogens with one attached hydrogen (secondary N) is 1. The van der Waals surface area contributed by atoms with Crippen LogP contribution < -0.4 is 5.32 Å². The van der Waals surface area contributed by atoms with Gasteiger partial charge < -0.3 is 10.4 Å². The van der Waals surface area contributed by atoms with Gasteiger partial charge in [-0.05, 0) is 29.3 Å². The fourth-order valence-electron chi connectivity index (χ4n) is 2.28. The molecule has 2 aromatic carbocycles. The molecule has 3 aromatic rings. The van der Waals surface area contributed by atoms with E-state index in [2.05, 4.69) is 10.4 Å². The zero-order valence-corrected chi connectivity index (χ0v) is 12.7. The van der Waals surface area contributed by atoms with Gasteiger partial charge in [-0.25, -0.2) is 0 Å². The van der Waals surface area contributed by atoms with Gasteiger partial charge in [0.2, 0.25) is 0 Å². The first-order chi connectivity index (χ1) is 11.6. The Bertz CT molecular complexity index is 855. The van der Waals surface area contributed by atoms with E-state index in [4.69, 9.17) is 5.11 Å². The molecule has 24 heavy (non-hydrogen) atoms. The van der Waals surface area contributed by atoms with E-state index < -0.39 is 5.97 Å². The van der Waals surface area contributed by atoms with Gasteiger partial charge >= 0.3 is 5.97 Å². The molecule has 0 saturated heterocycles. The fraction of sp³-hybridized carbons (Fsp3) is 0.0556. The van der Waals surface area contributed by atoms with Crippen LogP contribution >= 0.6 is 0 Å². The van der Waals surface area contributed by atoms with Crippen molar-refractivity contribution in [3.05, 3.63) is 72.6 Å². The largest absolute Gasteiger partial charge is 0.480 e. The molecular formula is C18H15N3O3. The van der Waals surface area contributed by atoms with Gasteiger partial charge in [0.05, 0.1) is 0 Å². The molecule has 1 amide bonds. The van der Waals surface area contributed by atoms with Crippen LogP contribution in [0.2, 0.25) is 0 Å². The molecule has 6 nitrogen and oxygen atoms in total. The molecule has 0 atom stereocenters. The summed E-state index contributed by atoms with van der Waals surface area (Å²) in [6.07, 6.45) is 1.46. The number of rotatable bonds is 5. The standard InChI is InChI=1S/C18H15N3O3/c22-17(23)12-21-11-10-16(20-21)18(24)19-15-8-6-14(7-9-15)13-4-2-1-3-5-13/h1-11H,12H2,(H,19,24)(H,22,23). The first-order valence-corrected chi connectivity index (χ1v) is 7.34. The van der Waals surface area contributed by atoms with Crippen molar-refractivity contribution >= 4 is 17.6 Å². The lowest BCUT2D eigenvalue weighted by Gasteiger charge is -2.05. The topological polar surface area (TPSA) is 84.2 Å². The minimum Gasteiger partial charge on any atom is -0.480 e. The van der Waals surface area contributed by atoms with Crippen molar-refractivity contribution in [1.29, 1.82) is 0 Å². The highest BCUT2D eigenvalue weighted by molar-refractivity contribution is 6.02. The van der Waals surface area contributed by atoms with Crippen molar-refractivity contribution in [3.8, 4) is 11.1 Å². The second-order valence-corrected chi connectivity index (χ2v) is 5.19. The van der Waals surface area contributed by atoms with Crippen LogP contribution in [0.5, 0.6) is 0 Å². The lowest BCUT2D eigenvalue weighted by molar-refractivity contribution is -0.137. The number of carboxylic acids is 1. The van der Waals surface area contributed by atoms with E-state index in [0.29, 0.717) is 5.69 Å². The molecule has 3 rings (SSSR count). The summed E-state index contributed by atoms with van der Waals surface area (Å²) < 4.78 is 1.20. The number of aromatic nitrogens is 2. The maximum atomic E-state index is 12.1. The van der Waals surface area contributed by atoms with Crippen LogP contribution in [0.1, 0.15) is 10.5 Å². The lowest BCUT2D eigenvalue weighted by Crippen LogP contribution is -2.14. The smallest absolute Gasteiger partial charge is 0.325 e. The number of anilines is 1. The monoisotopic (exact) mass is 321 g/mol. The first kappa shape index (κ1) is 15.5. The minimum absolute atomic E-state index is 0.170. The van der Waals surface area contributed by atoms with Crippen LogP contribution in [0.15, 0.2) is 66.9 Å². The zero-order chi connectivity index (χ0) is 16.9. The van der Waals surface area contributed by atoms with Crippen molar-refractivity contribution in [2.24, 2.45) is 0 Å². The summed E-state index contributed by atoms with van der Waals surface area (Å²) in [5, 5.41) is 15.4. The van der Waals surface area contributed by atoms with Crippen molar-refractivity contribution in [2.75, 3.05) is 5.32 Å². The summed E-state index contributed by atoms with van der Waals surface area (Å²) in [6, 6.07) is 18.9. The molecule has 0 bridgehead atoms. The van der Waals surface area contributed by atoms with Gasteiger partial charge in [-0.15, -0.1) is 0 Å². The summed E-state index contributed by atoms with van der Waals surface area (Å²) in [6.45, 7) is -0.279. The third kappa shape index (κ3) is 3.67. The molecule has 0 saturated carbocycles. The number of carbonyl (C=O) groups excluding carboxylic acids is 1. The number of benzene rings is 2. The average molecular weight is 321 g/mol. The highest BCUT2D eigenvalue weighted by Gasteiger charge is 2.11. The molecule has 2 N–H and O–H groups in total. The molecule has 0 aliphatic heterocycles. The predicted octanol–water partition coefficient (Wildman–Crippen LogP) is 2.89. The molecule has 1 heterocycles. The summed E-state index contributed by atoms with van der Waals surface area (Å²) in [4.78, 5) is 22.8. The summed E-state index contributed by atoms with van der Waals surface area (Å²) in [5.41, 5.74) is 2.97. The van der Waals surface area contributed by atoms with Crippen molar-refractivity contribution in [2.45, 2.75) is 6.54 Å². The number of carbonyl (C=O) groups is 2. The van der Waals surface area contributed by atoms with Crippen LogP contribution in [0.4, 0.5) is 5.69 Å². The van der Waals surface area contributed by atoms with Crippen molar-refractivity contribution in [3.63, 3.8) is 0 Å². The van der Waals surface area contributed by atoms with Gasteiger partial charge in [-0.3, -0.25) is 14.3 Å². The minimum atomic E-state index is -1.01. The Morgan fingerprint density at radius 3 is 2.29 bits per heavy atom. The molecule has 0 radical (unpaired) electrons. The molecule has 0 unspecified atom stereocenters. The molecule has 120 valence electrons. The van der Waals surface area contributed by atoms with E-state index >= 15 is 0 Å². The second-order valence-electron chi connectivity index (χ2n) is 5.19. The number of amides is 1.